The fraction of sp³-hybridized carbons (Fsp3) is 0.517. The minimum absolute atomic E-state index is 0.0183. The second kappa shape index (κ2) is 9.95. The molecule has 3 aromatic rings. The fourth-order valence-corrected chi connectivity index (χ4v) is 6.24. The number of hydrogen-bond donors (Lipinski definition) is 0. The number of hydrogen-bond acceptors (Lipinski definition) is 6. The Kier molecular flexibility index (Phi) is 6.62. The normalized spacial score (nSPS) is 24.5. The van der Waals surface area contributed by atoms with Crippen LogP contribution in [0.15, 0.2) is 51.6 Å². The zero-order chi connectivity index (χ0) is 26.3. The summed E-state index contributed by atoms with van der Waals surface area (Å²) in [6.45, 7) is 3.84. The van der Waals surface area contributed by atoms with Gasteiger partial charge in [-0.05, 0) is 75.0 Å². The number of fused-ring (bicyclic) bond motifs is 3. The van der Waals surface area contributed by atoms with Crippen LogP contribution in [0.3, 0.4) is 0 Å². The Hall–Kier alpha value is -3.00. The van der Waals surface area contributed by atoms with Crippen molar-refractivity contribution in [2.75, 3.05) is 18.1 Å². The number of oxazole rings is 1. The van der Waals surface area contributed by atoms with E-state index in [9.17, 15) is 9.18 Å². The first-order valence-corrected chi connectivity index (χ1v) is 14.0. The average molecular weight is 539 g/mol. The highest BCUT2D eigenvalue weighted by Crippen LogP contribution is 2.58. The van der Waals surface area contributed by atoms with Crippen LogP contribution in [-0.4, -0.2) is 34.3 Å². The first-order valence-electron chi connectivity index (χ1n) is 13.4. The molecule has 9 heteroatoms. The van der Waals surface area contributed by atoms with Crippen molar-refractivity contribution in [3.05, 3.63) is 60.1 Å². The highest BCUT2D eigenvalue weighted by molar-refractivity contribution is 6.16. The average Bonchev–Trinajstić information content (AvgIpc) is 3.47. The van der Waals surface area contributed by atoms with Crippen molar-refractivity contribution in [3.63, 3.8) is 0 Å². The Morgan fingerprint density at radius 2 is 1.92 bits per heavy atom. The molecule has 2 bridgehead atoms. The predicted molar refractivity (Wildman–Crippen MR) is 142 cm³/mol. The number of rotatable bonds is 10. The van der Waals surface area contributed by atoms with Crippen molar-refractivity contribution >= 4 is 23.2 Å². The molecule has 4 aliphatic carbocycles. The first kappa shape index (κ1) is 25.3. The molecular formula is C29H32ClFN4O3. The van der Waals surface area contributed by atoms with Crippen molar-refractivity contribution < 1.29 is 18.1 Å². The van der Waals surface area contributed by atoms with E-state index >= 15 is 0 Å². The largest absolute Gasteiger partial charge is 0.444 e. The van der Waals surface area contributed by atoms with Crippen LogP contribution < -0.4 is 4.90 Å². The number of alkyl halides is 2. The lowest BCUT2D eigenvalue weighted by Crippen LogP contribution is -2.51. The summed E-state index contributed by atoms with van der Waals surface area (Å²) in [6, 6.07) is 7.57. The molecule has 7 rings (SSSR count). The van der Waals surface area contributed by atoms with Gasteiger partial charge >= 0.3 is 0 Å². The second-order valence-electron chi connectivity index (χ2n) is 11.3. The van der Waals surface area contributed by atoms with E-state index in [0.717, 1.165) is 74.3 Å². The Labute approximate surface area is 226 Å². The number of anilines is 1. The van der Waals surface area contributed by atoms with Gasteiger partial charge in [0.15, 0.2) is 5.82 Å². The van der Waals surface area contributed by atoms with Crippen molar-refractivity contribution in [2.24, 2.45) is 5.41 Å². The van der Waals surface area contributed by atoms with Crippen molar-refractivity contribution in [1.29, 1.82) is 0 Å². The molecule has 1 amide bonds. The van der Waals surface area contributed by atoms with Gasteiger partial charge in [0.2, 0.25) is 11.8 Å². The molecule has 0 atom stereocenters. The summed E-state index contributed by atoms with van der Waals surface area (Å²) < 4.78 is 24.6. The Bertz CT molecular complexity index is 1320. The van der Waals surface area contributed by atoms with Crippen molar-refractivity contribution in [3.8, 4) is 11.5 Å². The van der Waals surface area contributed by atoms with Crippen LogP contribution in [0.4, 0.5) is 10.1 Å². The Morgan fingerprint density at radius 3 is 2.58 bits per heavy atom. The third-order valence-corrected chi connectivity index (χ3v) is 9.04. The molecule has 0 N–H and O–H groups in total. The van der Waals surface area contributed by atoms with Crippen molar-refractivity contribution in [1.82, 2.24) is 15.1 Å². The van der Waals surface area contributed by atoms with Crippen LogP contribution in [0.2, 0.25) is 0 Å². The summed E-state index contributed by atoms with van der Waals surface area (Å²) in [4.78, 5) is 24.6. The van der Waals surface area contributed by atoms with Crippen LogP contribution >= 0.6 is 11.6 Å². The van der Waals surface area contributed by atoms with Crippen LogP contribution in [-0.2, 0) is 16.1 Å². The summed E-state index contributed by atoms with van der Waals surface area (Å²) in [5.41, 5.74) is 2.31. The maximum atomic E-state index is 13.6. The summed E-state index contributed by atoms with van der Waals surface area (Å²) in [5.74, 6) is 2.60. The summed E-state index contributed by atoms with van der Waals surface area (Å²) in [5, 5.41) is 4.27. The van der Waals surface area contributed by atoms with Gasteiger partial charge in [-0.3, -0.25) is 9.18 Å². The lowest BCUT2D eigenvalue weighted by Gasteiger charge is -2.53. The quantitative estimate of drug-likeness (QED) is 0.206. The molecule has 200 valence electrons. The smallest absolute Gasteiger partial charge is 0.253 e. The minimum atomic E-state index is -0.614. The van der Waals surface area contributed by atoms with E-state index in [1.807, 2.05) is 24.3 Å². The number of carbonyl (C=O) groups is 1. The van der Waals surface area contributed by atoms with Crippen molar-refractivity contribution in [2.45, 2.75) is 75.0 Å². The second-order valence-corrected chi connectivity index (χ2v) is 11.5. The van der Waals surface area contributed by atoms with Crippen LogP contribution in [0.1, 0.15) is 81.1 Å². The fourth-order valence-electron chi connectivity index (χ4n) is 6.11. The molecule has 0 spiro atoms. The molecule has 0 radical (unpaired) electrons. The maximum absolute atomic E-state index is 13.6. The topological polar surface area (TPSA) is 85.3 Å². The van der Waals surface area contributed by atoms with E-state index in [1.165, 1.54) is 6.26 Å². The van der Waals surface area contributed by atoms with E-state index in [1.54, 1.807) is 4.90 Å². The Balaban J connectivity index is 1.25. The monoisotopic (exact) mass is 538 g/mol. The van der Waals surface area contributed by atoms with Gasteiger partial charge in [-0.25, -0.2) is 4.98 Å². The summed E-state index contributed by atoms with van der Waals surface area (Å²) in [7, 11) is 0. The van der Waals surface area contributed by atoms with Crippen LogP contribution in [0.25, 0.3) is 11.5 Å². The number of halogens is 2. The molecule has 2 heterocycles. The molecule has 4 fully saturated rings. The van der Waals surface area contributed by atoms with E-state index in [2.05, 4.69) is 16.7 Å². The summed E-state index contributed by atoms with van der Waals surface area (Å²) in [6.07, 6.45) is 9.64. The molecule has 4 aliphatic rings. The van der Waals surface area contributed by atoms with Gasteiger partial charge in [0, 0.05) is 41.1 Å². The van der Waals surface area contributed by atoms with E-state index in [0.29, 0.717) is 24.0 Å². The molecule has 0 saturated heterocycles. The molecule has 0 unspecified atom stereocenters. The highest BCUT2D eigenvalue weighted by atomic mass is 35.5. The first-order chi connectivity index (χ1) is 18.4. The number of carbonyl (C=O) groups excluding carboxylic acids is 1. The SMILES string of the molecule is C=C(CCF)C(=O)N(CC12CCC(c3nc(C4CC4)no3)(CC1)CC2)c1cccc(-c2nc(CCl)co2)c1. The predicted octanol–water partition coefficient (Wildman–Crippen LogP) is 6.88. The number of nitrogens with zero attached hydrogens (tertiary/aromatic N) is 4. The molecular weight excluding hydrogens is 507 g/mol. The highest BCUT2D eigenvalue weighted by Gasteiger charge is 2.53. The lowest BCUT2D eigenvalue weighted by molar-refractivity contribution is -0.116. The van der Waals surface area contributed by atoms with E-state index < -0.39 is 6.67 Å². The molecule has 2 aromatic heterocycles. The lowest BCUT2D eigenvalue weighted by atomic mass is 9.53. The van der Waals surface area contributed by atoms with Crippen LogP contribution in [0, 0.1) is 5.41 Å². The minimum Gasteiger partial charge on any atom is -0.444 e. The zero-order valence-corrected chi connectivity index (χ0v) is 22.2. The van der Waals surface area contributed by atoms with Gasteiger partial charge in [0.1, 0.15) is 6.26 Å². The van der Waals surface area contributed by atoms with Gasteiger partial charge in [-0.1, -0.05) is 17.8 Å². The standard InChI is InChI=1S/C29H32ClFN4O3/c1-19(7-14-31)26(36)35(23-4-2-3-21(15-23)25-32-22(16-30)17-37-25)18-28-8-11-29(12-9-28,13-10-28)27-33-24(34-38-27)20-5-6-20/h2-4,15,17,20H,1,5-14,16,18H2. The Morgan fingerprint density at radius 1 is 1.16 bits per heavy atom. The zero-order valence-electron chi connectivity index (χ0n) is 21.4. The maximum Gasteiger partial charge on any atom is 0.253 e. The number of aromatic nitrogens is 3. The van der Waals surface area contributed by atoms with Gasteiger partial charge in [0.05, 0.1) is 18.2 Å². The molecule has 1 aromatic carbocycles. The summed E-state index contributed by atoms with van der Waals surface area (Å²) >= 11 is 5.90. The molecule has 38 heavy (non-hydrogen) atoms. The van der Waals surface area contributed by atoms with E-state index in [4.69, 9.17) is 25.5 Å². The van der Waals surface area contributed by atoms with Gasteiger partial charge in [-0.15, -0.1) is 11.6 Å². The van der Waals surface area contributed by atoms with Gasteiger partial charge in [-0.2, -0.15) is 4.98 Å². The third kappa shape index (κ3) is 4.68. The molecule has 4 saturated carbocycles. The number of amides is 1. The van der Waals surface area contributed by atoms with E-state index in [-0.39, 0.29) is 34.6 Å². The molecule has 0 aliphatic heterocycles. The molecule has 7 nitrogen and oxygen atoms in total. The van der Waals surface area contributed by atoms with Gasteiger partial charge in [0.25, 0.3) is 5.91 Å². The van der Waals surface area contributed by atoms with Crippen LogP contribution in [0.5, 0.6) is 0 Å². The number of benzene rings is 1. The third-order valence-electron chi connectivity index (χ3n) is 8.77. The van der Waals surface area contributed by atoms with Gasteiger partial charge < -0.3 is 13.8 Å².